The fraction of sp³-hybridized carbons (Fsp3) is 0.188. The summed E-state index contributed by atoms with van der Waals surface area (Å²) in [4.78, 5) is 13.2. The van der Waals surface area contributed by atoms with E-state index < -0.39 is 0 Å². The van der Waals surface area contributed by atoms with Crippen molar-refractivity contribution in [3.63, 3.8) is 0 Å². The van der Waals surface area contributed by atoms with Gasteiger partial charge in [-0.05, 0) is 29.3 Å². The second-order valence-electron chi connectivity index (χ2n) is 4.94. The standard InChI is InChI=1S/C16H18ClN3O/c17-14-6-3-4-12(8-14)9-20(11-16(19)21)10-13-5-1-2-7-15(13)18/h1-8H,9-11,18H2,(H2,19,21). The quantitative estimate of drug-likeness (QED) is 0.805. The van der Waals surface area contributed by atoms with Crippen LogP contribution in [0.4, 0.5) is 5.69 Å². The van der Waals surface area contributed by atoms with E-state index in [1.165, 1.54) is 0 Å². The molecule has 2 rings (SSSR count). The van der Waals surface area contributed by atoms with E-state index in [0.717, 1.165) is 11.1 Å². The lowest BCUT2D eigenvalue weighted by molar-refractivity contribution is -0.119. The van der Waals surface area contributed by atoms with Gasteiger partial charge in [0.25, 0.3) is 0 Å². The number of amides is 1. The van der Waals surface area contributed by atoms with Crippen LogP contribution in [-0.2, 0) is 17.9 Å². The number of rotatable bonds is 6. The molecule has 110 valence electrons. The summed E-state index contributed by atoms with van der Waals surface area (Å²) in [5, 5.41) is 0.672. The van der Waals surface area contributed by atoms with Crippen molar-refractivity contribution in [1.29, 1.82) is 0 Å². The van der Waals surface area contributed by atoms with Gasteiger partial charge < -0.3 is 11.5 Å². The number of hydrogen-bond donors (Lipinski definition) is 2. The summed E-state index contributed by atoms with van der Waals surface area (Å²) in [6.07, 6.45) is 0. The molecule has 2 aromatic rings. The third kappa shape index (κ3) is 4.77. The van der Waals surface area contributed by atoms with Crippen molar-refractivity contribution in [2.24, 2.45) is 5.73 Å². The number of anilines is 1. The summed E-state index contributed by atoms with van der Waals surface area (Å²) in [7, 11) is 0. The third-order valence-corrected chi connectivity index (χ3v) is 3.36. The number of carbonyl (C=O) groups is 1. The maximum atomic E-state index is 11.3. The zero-order chi connectivity index (χ0) is 15.2. The number of hydrogen-bond acceptors (Lipinski definition) is 3. The molecule has 0 saturated heterocycles. The van der Waals surface area contributed by atoms with E-state index in [1.807, 2.05) is 53.4 Å². The Morgan fingerprint density at radius 2 is 1.86 bits per heavy atom. The normalized spacial score (nSPS) is 10.8. The van der Waals surface area contributed by atoms with Crippen molar-refractivity contribution < 1.29 is 4.79 Å². The molecule has 0 heterocycles. The molecule has 4 N–H and O–H groups in total. The molecule has 0 aliphatic carbocycles. The Kier molecular flexibility index (Phi) is 5.20. The van der Waals surface area contributed by atoms with Gasteiger partial charge in [-0.3, -0.25) is 9.69 Å². The van der Waals surface area contributed by atoms with E-state index in [9.17, 15) is 4.79 Å². The van der Waals surface area contributed by atoms with Crippen LogP contribution < -0.4 is 11.5 Å². The fourth-order valence-corrected chi connectivity index (χ4v) is 2.41. The van der Waals surface area contributed by atoms with Crippen LogP contribution in [0, 0.1) is 0 Å². The largest absolute Gasteiger partial charge is 0.398 e. The van der Waals surface area contributed by atoms with Crippen LogP contribution in [-0.4, -0.2) is 17.4 Å². The zero-order valence-electron chi connectivity index (χ0n) is 11.6. The molecule has 0 bridgehead atoms. The number of nitrogens with two attached hydrogens (primary N) is 2. The summed E-state index contributed by atoms with van der Waals surface area (Å²) < 4.78 is 0. The molecule has 0 spiro atoms. The van der Waals surface area contributed by atoms with E-state index >= 15 is 0 Å². The summed E-state index contributed by atoms with van der Waals surface area (Å²) in [6.45, 7) is 1.31. The first-order chi connectivity index (χ1) is 10.0. The van der Waals surface area contributed by atoms with Crippen LogP contribution in [0.25, 0.3) is 0 Å². The fourth-order valence-electron chi connectivity index (χ4n) is 2.20. The van der Waals surface area contributed by atoms with Crippen molar-refractivity contribution in [2.45, 2.75) is 13.1 Å². The van der Waals surface area contributed by atoms with Crippen LogP contribution in [0.5, 0.6) is 0 Å². The van der Waals surface area contributed by atoms with Gasteiger partial charge >= 0.3 is 0 Å². The van der Waals surface area contributed by atoms with Crippen LogP contribution in [0.2, 0.25) is 5.02 Å². The highest BCUT2D eigenvalue weighted by Crippen LogP contribution is 2.17. The van der Waals surface area contributed by atoms with Gasteiger partial charge in [0.15, 0.2) is 0 Å². The van der Waals surface area contributed by atoms with Gasteiger partial charge in [0.2, 0.25) is 5.91 Å². The second kappa shape index (κ2) is 7.11. The number of para-hydroxylation sites is 1. The number of halogens is 1. The van der Waals surface area contributed by atoms with Gasteiger partial charge in [-0.1, -0.05) is 41.9 Å². The number of nitrogens with zero attached hydrogens (tertiary/aromatic N) is 1. The van der Waals surface area contributed by atoms with Crippen molar-refractivity contribution >= 4 is 23.2 Å². The Morgan fingerprint density at radius 1 is 1.10 bits per heavy atom. The Bertz CT molecular complexity index is 630. The minimum atomic E-state index is -0.369. The Labute approximate surface area is 129 Å². The Hall–Kier alpha value is -2.04. The molecule has 0 unspecified atom stereocenters. The topological polar surface area (TPSA) is 72.4 Å². The summed E-state index contributed by atoms with van der Waals surface area (Å²) in [5.41, 5.74) is 14.0. The zero-order valence-corrected chi connectivity index (χ0v) is 12.4. The van der Waals surface area contributed by atoms with E-state index in [1.54, 1.807) is 0 Å². The minimum absolute atomic E-state index is 0.168. The average Bonchev–Trinajstić information content (AvgIpc) is 2.40. The SMILES string of the molecule is NC(=O)CN(Cc1cccc(Cl)c1)Cc1ccccc1N. The molecule has 0 aliphatic rings. The van der Waals surface area contributed by atoms with Crippen molar-refractivity contribution in [1.82, 2.24) is 4.90 Å². The smallest absolute Gasteiger partial charge is 0.231 e. The molecule has 0 saturated carbocycles. The number of carbonyl (C=O) groups excluding carboxylic acids is 1. The van der Waals surface area contributed by atoms with Crippen LogP contribution in [0.15, 0.2) is 48.5 Å². The van der Waals surface area contributed by atoms with E-state index in [0.29, 0.717) is 23.8 Å². The molecular formula is C16H18ClN3O. The maximum Gasteiger partial charge on any atom is 0.231 e. The van der Waals surface area contributed by atoms with E-state index in [4.69, 9.17) is 23.1 Å². The van der Waals surface area contributed by atoms with Crippen molar-refractivity contribution in [3.8, 4) is 0 Å². The van der Waals surface area contributed by atoms with Crippen LogP contribution in [0.1, 0.15) is 11.1 Å². The molecule has 1 amide bonds. The van der Waals surface area contributed by atoms with Gasteiger partial charge in [0, 0.05) is 23.8 Å². The van der Waals surface area contributed by atoms with E-state index in [2.05, 4.69) is 0 Å². The number of nitrogen functional groups attached to an aromatic ring is 1. The first kappa shape index (κ1) is 15.4. The predicted octanol–water partition coefficient (Wildman–Crippen LogP) is 2.41. The van der Waals surface area contributed by atoms with Crippen LogP contribution >= 0.6 is 11.6 Å². The van der Waals surface area contributed by atoms with Gasteiger partial charge in [-0.25, -0.2) is 0 Å². The molecule has 0 fully saturated rings. The number of benzene rings is 2. The average molecular weight is 304 g/mol. The van der Waals surface area contributed by atoms with Crippen molar-refractivity contribution in [3.05, 3.63) is 64.7 Å². The monoisotopic (exact) mass is 303 g/mol. The van der Waals surface area contributed by atoms with Crippen molar-refractivity contribution in [2.75, 3.05) is 12.3 Å². The molecule has 0 radical (unpaired) electrons. The molecular weight excluding hydrogens is 286 g/mol. The van der Waals surface area contributed by atoms with Crippen LogP contribution in [0.3, 0.4) is 0 Å². The minimum Gasteiger partial charge on any atom is -0.398 e. The summed E-state index contributed by atoms with van der Waals surface area (Å²) >= 11 is 5.99. The first-order valence-electron chi connectivity index (χ1n) is 6.63. The lowest BCUT2D eigenvalue weighted by Gasteiger charge is -2.21. The number of primary amides is 1. The molecule has 0 atom stereocenters. The second-order valence-corrected chi connectivity index (χ2v) is 5.38. The third-order valence-electron chi connectivity index (χ3n) is 3.12. The predicted molar refractivity (Wildman–Crippen MR) is 85.6 cm³/mol. The molecule has 21 heavy (non-hydrogen) atoms. The van der Waals surface area contributed by atoms with Gasteiger partial charge in [0.05, 0.1) is 6.54 Å². The van der Waals surface area contributed by atoms with E-state index in [-0.39, 0.29) is 12.5 Å². The first-order valence-corrected chi connectivity index (χ1v) is 7.01. The van der Waals surface area contributed by atoms with Gasteiger partial charge in [0.1, 0.15) is 0 Å². The van der Waals surface area contributed by atoms with Gasteiger partial charge in [-0.15, -0.1) is 0 Å². The molecule has 0 aliphatic heterocycles. The maximum absolute atomic E-state index is 11.3. The Balaban J connectivity index is 2.15. The van der Waals surface area contributed by atoms with Gasteiger partial charge in [-0.2, -0.15) is 0 Å². The summed E-state index contributed by atoms with van der Waals surface area (Å²) in [6, 6.07) is 15.1. The lowest BCUT2D eigenvalue weighted by Crippen LogP contribution is -2.33. The lowest BCUT2D eigenvalue weighted by atomic mass is 10.1. The molecule has 0 aromatic heterocycles. The highest BCUT2D eigenvalue weighted by Gasteiger charge is 2.11. The molecule has 2 aromatic carbocycles. The highest BCUT2D eigenvalue weighted by atomic mass is 35.5. The molecule has 4 nitrogen and oxygen atoms in total. The molecule has 5 heteroatoms. The summed E-state index contributed by atoms with van der Waals surface area (Å²) in [5.74, 6) is -0.369. The highest BCUT2D eigenvalue weighted by molar-refractivity contribution is 6.30. The Morgan fingerprint density at radius 3 is 2.52 bits per heavy atom.